The van der Waals surface area contributed by atoms with Gasteiger partial charge in [-0.05, 0) is 24.6 Å². The van der Waals surface area contributed by atoms with Crippen LogP contribution in [0.15, 0.2) is 46.1 Å². The van der Waals surface area contributed by atoms with Crippen LogP contribution in [0.3, 0.4) is 0 Å². The van der Waals surface area contributed by atoms with Gasteiger partial charge in [0.15, 0.2) is 0 Å². The van der Waals surface area contributed by atoms with Crippen LogP contribution in [0.1, 0.15) is 18.4 Å². The molecular formula is C14H12N2O3S. The minimum absolute atomic E-state index is 0.0776. The predicted molar refractivity (Wildman–Crippen MR) is 75.9 cm³/mol. The lowest BCUT2D eigenvalue weighted by Gasteiger charge is -2.26. The van der Waals surface area contributed by atoms with Crippen LogP contribution in [-0.4, -0.2) is 16.2 Å². The summed E-state index contributed by atoms with van der Waals surface area (Å²) in [4.78, 5) is 11.5. The number of dihydropyridines is 1. The number of carboxylic acids is 1. The molecule has 3 N–H and O–H groups in total. The van der Waals surface area contributed by atoms with Crippen LogP contribution in [0.5, 0.6) is 5.75 Å². The smallest absolute Gasteiger partial charge is 0.334 e. The summed E-state index contributed by atoms with van der Waals surface area (Å²) in [6.07, 6.45) is 0. The standard InChI is InChI=1S/C14H12N2O3S/c1-7-11(14(18)19)12(10(6-15)13(20)16-7)8-2-4-9(17)5-3-8/h2-5,12,16-17,20H,1H3,(H,18,19)/t12-/m0/s1. The highest BCUT2D eigenvalue weighted by Crippen LogP contribution is 2.38. The zero-order valence-electron chi connectivity index (χ0n) is 10.6. The summed E-state index contributed by atoms with van der Waals surface area (Å²) in [5.41, 5.74) is 1.40. The second-order valence-corrected chi connectivity index (χ2v) is 4.81. The minimum Gasteiger partial charge on any atom is -0.508 e. The molecule has 0 aliphatic carbocycles. The molecule has 1 aliphatic rings. The number of aromatic hydroxyl groups is 1. The van der Waals surface area contributed by atoms with Gasteiger partial charge in [-0.3, -0.25) is 0 Å². The number of nitriles is 1. The maximum atomic E-state index is 11.5. The Kier molecular flexibility index (Phi) is 3.72. The van der Waals surface area contributed by atoms with E-state index in [-0.39, 0.29) is 16.9 Å². The van der Waals surface area contributed by atoms with Gasteiger partial charge in [0.05, 0.1) is 28.2 Å². The lowest BCUT2D eigenvalue weighted by Crippen LogP contribution is -2.26. The Bertz CT molecular complexity index is 669. The van der Waals surface area contributed by atoms with Gasteiger partial charge in [0.2, 0.25) is 0 Å². The van der Waals surface area contributed by atoms with Gasteiger partial charge in [-0.15, -0.1) is 12.6 Å². The third kappa shape index (κ3) is 2.36. The lowest BCUT2D eigenvalue weighted by molar-refractivity contribution is -0.133. The molecule has 0 saturated heterocycles. The van der Waals surface area contributed by atoms with Crippen molar-refractivity contribution in [2.24, 2.45) is 0 Å². The molecule has 20 heavy (non-hydrogen) atoms. The number of allylic oxidation sites excluding steroid dienone is 2. The van der Waals surface area contributed by atoms with Crippen molar-refractivity contribution in [1.29, 1.82) is 5.26 Å². The second-order valence-electron chi connectivity index (χ2n) is 4.37. The van der Waals surface area contributed by atoms with Crippen LogP contribution >= 0.6 is 12.6 Å². The number of carbonyl (C=O) groups is 1. The Hall–Kier alpha value is -2.39. The van der Waals surface area contributed by atoms with Crippen LogP contribution in [0.2, 0.25) is 0 Å². The summed E-state index contributed by atoms with van der Waals surface area (Å²) in [5, 5.41) is 31.1. The number of hydrogen-bond donors (Lipinski definition) is 4. The number of nitrogens with zero attached hydrogens (tertiary/aromatic N) is 1. The van der Waals surface area contributed by atoms with Crippen molar-refractivity contribution in [3.05, 3.63) is 51.7 Å². The number of phenols is 1. The molecule has 5 nitrogen and oxygen atoms in total. The van der Waals surface area contributed by atoms with Gasteiger partial charge in [-0.25, -0.2) is 4.79 Å². The molecule has 6 heteroatoms. The quantitative estimate of drug-likeness (QED) is 0.625. The summed E-state index contributed by atoms with van der Waals surface area (Å²) >= 11 is 4.20. The fraction of sp³-hybridized carbons (Fsp3) is 0.143. The molecule has 2 rings (SSSR count). The molecule has 1 heterocycles. The summed E-state index contributed by atoms with van der Waals surface area (Å²) in [5.74, 6) is -1.72. The van der Waals surface area contributed by atoms with Crippen LogP contribution < -0.4 is 5.32 Å². The lowest BCUT2D eigenvalue weighted by atomic mass is 9.82. The molecule has 0 unspecified atom stereocenters. The first-order valence-corrected chi connectivity index (χ1v) is 6.23. The van der Waals surface area contributed by atoms with Crippen molar-refractivity contribution >= 4 is 18.6 Å². The van der Waals surface area contributed by atoms with Gasteiger partial charge in [0.25, 0.3) is 0 Å². The minimum atomic E-state index is -1.10. The van der Waals surface area contributed by atoms with E-state index in [1.165, 1.54) is 12.1 Å². The van der Waals surface area contributed by atoms with Gasteiger partial charge >= 0.3 is 5.97 Å². The number of benzene rings is 1. The first kappa shape index (κ1) is 14.0. The summed E-state index contributed by atoms with van der Waals surface area (Å²) in [6.45, 7) is 1.63. The monoisotopic (exact) mass is 288 g/mol. The van der Waals surface area contributed by atoms with Crippen molar-refractivity contribution in [1.82, 2.24) is 5.32 Å². The Labute approximate surface area is 121 Å². The molecule has 0 saturated carbocycles. The van der Waals surface area contributed by atoms with Crippen molar-refractivity contribution in [3.63, 3.8) is 0 Å². The zero-order valence-corrected chi connectivity index (χ0v) is 11.5. The van der Waals surface area contributed by atoms with Crippen molar-refractivity contribution in [3.8, 4) is 11.8 Å². The van der Waals surface area contributed by atoms with E-state index in [4.69, 9.17) is 0 Å². The highest BCUT2D eigenvalue weighted by molar-refractivity contribution is 7.84. The van der Waals surface area contributed by atoms with E-state index in [1.807, 2.05) is 6.07 Å². The number of phenolic OH excluding ortho intramolecular Hbond substituents is 1. The molecule has 1 aliphatic heterocycles. The molecule has 0 radical (unpaired) electrons. The van der Waals surface area contributed by atoms with Gasteiger partial charge in [-0.2, -0.15) is 5.26 Å². The maximum Gasteiger partial charge on any atom is 0.334 e. The average Bonchev–Trinajstić information content (AvgIpc) is 2.38. The molecule has 0 amide bonds. The topological polar surface area (TPSA) is 93.3 Å². The van der Waals surface area contributed by atoms with E-state index in [9.17, 15) is 20.3 Å². The predicted octanol–water partition coefficient (Wildman–Crippen LogP) is 2.10. The van der Waals surface area contributed by atoms with Gasteiger partial charge in [0, 0.05) is 5.70 Å². The van der Waals surface area contributed by atoms with E-state index in [0.717, 1.165) is 0 Å². The largest absolute Gasteiger partial charge is 0.508 e. The van der Waals surface area contributed by atoms with Crippen molar-refractivity contribution in [2.45, 2.75) is 12.8 Å². The molecule has 1 aromatic rings. The SMILES string of the molecule is CC1=C(C(=O)O)[C@@H](c2ccc(O)cc2)C(C#N)=C(S)N1. The van der Waals surface area contributed by atoms with Gasteiger partial charge < -0.3 is 15.5 Å². The van der Waals surface area contributed by atoms with Crippen LogP contribution in [0.4, 0.5) is 0 Å². The van der Waals surface area contributed by atoms with Crippen LogP contribution in [0.25, 0.3) is 0 Å². The second kappa shape index (κ2) is 5.31. The summed E-state index contributed by atoms with van der Waals surface area (Å²) < 4.78 is 0. The van der Waals surface area contributed by atoms with Gasteiger partial charge in [-0.1, -0.05) is 12.1 Å². The Morgan fingerprint density at radius 3 is 2.50 bits per heavy atom. The number of nitrogens with one attached hydrogen (secondary N) is 1. The average molecular weight is 288 g/mol. The van der Waals surface area contributed by atoms with Crippen LogP contribution in [-0.2, 0) is 4.79 Å². The maximum absolute atomic E-state index is 11.5. The molecule has 1 atom stereocenters. The van der Waals surface area contributed by atoms with E-state index in [0.29, 0.717) is 16.3 Å². The third-order valence-electron chi connectivity index (χ3n) is 3.12. The Balaban J connectivity index is 2.64. The van der Waals surface area contributed by atoms with Gasteiger partial charge in [0.1, 0.15) is 5.75 Å². The number of hydrogen-bond acceptors (Lipinski definition) is 5. The van der Waals surface area contributed by atoms with E-state index in [2.05, 4.69) is 17.9 Å². The van der Waals surface area contributed by atoms with Crippen molar-refractivity contribution in [2.75, 3.05) is 0 Å². The Morgan fingerprint density at radius 1 is 1.40 bits per heavy atom. The number of aliphatic carboxylic acids is 1. The summed E-state index contributed by atoms with van der Waals surface area (Å²) in [6, 6.07) is 8.11. The first-order valence-electron chi connectivity index (χ1n) is 5.79. The highest BCUT2D eigenvalue weighted by atomic mass is 32.1. The number of thiol groups is 1. The Morgan fingerprint density at radius 2 is 2.00 bits per heavy atom. The summed E-state index contributed by atoms with van der Waals surface area (Å²) in [7, 11) is 0. The van der Waals surface area contributed by atoms with Crippen LogP contribution in [0, 0.1) is 11.3 Å². The third-order valence-corrected chi connectivity index (χ3v) is 3.47. The number of carboxylic acid groups (broad SMARTS) is 1. The van der Waals surface area contributed by atoms with E-state index in [1.54, 1.807) is 19.1 Å². The molecular weight excluding hydrogens is 276 g/mol. The molecule has 0 bridgehead atoms. The first-order chi connectivity index (χ1) is 9.45. The molecule has 102 valence electrons. The highest BCUT2D eigenvalue weighted by Gasteiger charge is 2.33. The fourth-order valence-electron chi connectivity index (χ4n) is 2.21. The molecule has 1 aromatic carbocycles. The molecule has 0 fully saturated rings. The zero-order chi connectivity index (χ0) is 14.9. The van der Waals surface area contributed by atoms with E-state index >= 15 is 0 Å². The van der Waals surface area contributed by atoms with E-state index < -0.39 is 11.9 Å². The molecule has 0 aromatic heterocycles. The molecule has 0 spiro atoms. The number of rotatable bonds is 2. The normalized spacial score (nSPS) is 18.6. The van der Waals surface area contributed by atoms with Crippen molar-refractivity contribution < 1.29 is 15.0 Å². The fourth-order valence-corrected chi connectivity index (χ4v) is 2.56.